The van der Waals surface area contributed by atoms with E-state index in [1.54, 1.807) is 9.42 Å². The molecule has 8 nitrogen and oxygen atoms in total. The summed E-state index contributed by atoms with van der Waals surface area (Å²) >= 11 is 1.45. The lowest BCUT2D eigenvalue weighted by Crippen LogP contribution is -2.44. The van der Waals surface area contributed by atoms with Crippen LogP contribution in [0.15, 0.2) is 30.5 Å². The summed E-state index contributed by atoms with van der Waals surface area (Å²) < 4.78 is 1.77. The highest BCUT2D eigenvalue weighted by Crippen LogP contribution is 2.32. The van der Waals surface area contributed by atoms with Crippen LogP contribution in [0.1, 0.15) is 39.8 Å². The highest BCUT2D eigenvalue weighted by Gasteiger charge is 2.30. The molecule has 1 unspecified atom stereocenters. The van der Waals surface area contributed by atoms with Crippen LogP contribution in [-0.4, -0.2) is 46.0 Å². The zero-order chi connectivity index (χ0) is 21.6. The summed E-state index contributed by atoms with van der Waals surface area (Å²) in [6, 6.07) is 7.16. The fourth-order valence-corrected chi connectivity index (χ4v) is 4.36. The van der Waals surface area contributed by atoms with E-state index >= 15 is 0 Å². The molecule has 1 aliphatic rings. The lowest BCUT2D eigenvalue weighted by molar-refractivity contribution is -0.118. The van der Waals surface area contributed by atoms with Gasteiger partial charge < -0.3 is 15.1 Å². The highest BCUT2D eigenvalue weighted by atomic mass is 32.1. The Bertz CT molecular complexity index is 1080. The molecule has 1 aliphatic heterocycles. The minimum absolute atomic E-state index is 0.0444. The standard InChI is InChI=1S/C21H26N6O2S/c1-13-10-17(28)22-14-8-6-7-9-15(14)27(13)18(29)12-25(5)20-24-26-11-16(21(2,3)4)23-19(26)30-20/h6-9,11,13H,10,12H2,1-5H3,(H,22,28). The van der Waals surface area contributed by atoms with Crippen molar-refractivity contribution >= 4 is 44.6 Å². The molecular weight excluding hydrogens is 400 g/mol. The van der Waals surface area contributed by atoms with Crippen LogP contribution in [0.5, 0.6) is 0 Å². The number of imidazole rings is 1. The average Bonchev–Trinajstić information content (AvgIpc) is 3.18. The van der Waals surface area contributed by atoms with Gasteiger partial charge in [-0.2, -0.15) is 0 Å². The third kappa shape index (κ3) is 3.77. The molecule has 2 aromatic heterocycles. The van der Waals surface area contributed by atoms with Crippen molar-refractivity contribution in [1.29, 1.82) is 0 Å². The normalized spacial score (nSPS) is 16.9. The summed E-state index contributed by atoms with van der Waals surface area (Å²) in [5.74, 6) is -0.174. The van der Waals surface area contributed by atoms with Crippen molar-refractivity contribution in [3.8, 4) is 0 Å². The molecule has 30 heavy (non-hydrogen) atoms. The van der Waals surface area contributed by atoms with Gasteiger partial charge in [-0.3, -0.25) is 9.59 Å². The van der Waals surface area contributed by atoms with Crippen LogP contribution in [0, 0.1) is 0 Å². The summed E-state index contributed by atoms with van der Waals surface area (Å²) in [7, 11) is 1.85. The Morgan fingerprint density at radius 1 is 1.33 bits per heavy atom. The van der Waals surface area contributed by atoms with Crippen LogP contribution in [0.2, 0.25) is 0 Å². The number of nitrogens with one attached hydrogen (secondary N) is 1. The quantitative estimate of drug-likeness (QED) is 0.695. The maximum atomic E-state index is 13.3. The smallest absolute Gasteiger partial charge is 0.246 e. The van der Waals surface area contributed by atoms with E-state index in [1.807, 2.05) is 49.3 Å². The Kier molecular flexibility index (Phi) is 5.01. The van der Waals surface area contributed by atoms with Gasteiger partial charge in [0.05, 0.1) is 29.8 Å². The largest absolute Gasteiger partial charge is 0.340 e. The number of carbonyl (C=O) groups is 2. The number of hydrogen-bond acceptors (Lipinski definition) is 6. The molecule has 0 bridgehead atoms. The summed E-state index contributed by atoms with van der Waals surface area (Å²) in [6.07, 6.45) is 2.19. The number of benzene rings is 1. The van der Waals surface area contributed by atoms with Gasteiger partial charge in [-0.1, -0.05) is 44.2 Å². The van der Waals surface area contributed by atoms with E-state index in [1.165, 1.54) is 11.3 Å². The van der Waals surface area contributed by atoms with Gasteiger partial charge in [-0.05, 0) is 19.1 Å². The van der Waals surface area contributed by atoms with E-state index in [0.717, 1.165) is 21.5 Å². The molecule has 1 atom stereocenters. The molecular formula is C21H26N6O2S. The second-order valence-corrected chi connectivity index (χ2v) is 9.66. The number of fused-ring (bicyclic) bond motifs is 2. The van der Waals surface area contributed by atoms with E-state index < -0.39 is 0 Å². The number of likely N-dealkylation sites (N-methyl/N-ethyl adjacent to an activating group) is 1. The average molecular weight is 427 g/mol. The monoisotopic (exact) mass is 426 g/mol. The maximum Gasteiger partial charge on any atom is 0.246 e. The van der Waals surface area contributed by atoms with Crippen LogP contribution < -0.4 is 15.1 Å². The van der Waals surface area contributed by atoms with Gasteiger partial charge in [-0.15, -0.1) is 5.10 Å². The first-order chi connectivity index (χ1) is 14.1. The minimum atomic E-state index is -0.238. The first kappa shape index (κ1) is 20.3. The zero-order valence-corrected chi connectivity index (χ0v) is 18.7. The van der Waals surface area contributed by atoms with Gasteiger partial charge in [0.1, 0.15) is 0 Å². The SMILES string of the molecule is CC1CC(=O)Nc2ccccc2N1C(=O)CN(C)c1nn2cc(C(C)(C)C)nc2s1. The maximum absolute atomic E-state index is 13.3. The second kappa shape index (κ2) is 7.39. The van der Waals surface area contributed by atoms with Crippen molar-refractivity contribution in [3.05, 3.63) is 36.2 Å². The van der Waals surface area contributed by atoms with E-state index in [9.17, 15) is 9.59 Å². The summed E-state index contributed by atoms with van der Waals surface area (Å²) in [6.45, 7) is 8.39. The molecule has 2 amide bonds. The van der Waals surface area contributed by atoms with Crippen molar-refractivity contribution in [1.82, 2.24) is 14.6 Å². The molecule has 3 aromatic rings. The number of hydrogen-bond donors (Lipinski definition) is 1. The molecule has 1 aromatic carbocycles. The third-order valence-corrected chi connectivity index (χ3v) is 6.16. The molecule has 0 radical (unpaired) electrons. The van der Waals surface area contributed by atoms with E-state index in [4.69, 9.17) is 0 Å². The number of aromatic nitrogens is 3. The topological polar surface area (TPSA) is 82.8 Å². The van der Waals surface area contributed by atoms with Crippen molar-refractivity contribution in [3.63, 3.8) is 0 Å². The molecule has 0 saturated heterocycles. The van der Waals surface area contributed by atoms with Gasteiger partial charge in [-0.25, -0.2) is 9.50 Å². The van der Waals surface area contributed by atoms with Gasteiger partial charge in [0, 0.05) is 24.9 Å². The summed E-state index contributed by atoms with van der Waals surface area (Å²) in [5.41, 5.74) is 2.32. The number of carbonyl (C=O) groups excluding carboxylic acids is 2. The lowest BCUT2D eigenvalue weighted by Gasteiger charge is -2.29. The molecule has 4 rings (SSSR count). The predicted molar refractivity (Wildman–Crippen MR) is 119 cm³/mol. The fraction of sp³-hybridized carbons (Fsp3) is 0.429. The second-order valence-electron chi connectivity index (χ2n) is 8.73. The number of anilines is 3. The van der Waals surface area contributed by atoms with Crippen LogP contribution in [0.3, 0.4) is 0 Å². The Hall–Kier alpha value is -2.94. The Labute approximate surface area is 179 Å². The number of rotatable bonds is 3. The molecule has 1 N–H and O–H groups in total. The molecule has 0 fully saturated rings. The van der Waals surface area contributed by atoms with Gasteiger partial charge in [0.15, 0.2) is 0 Å². The van der Waals surface area contributed by atoms with Crippen LogP contribution >= 0.6 is 11.3 Å². The van der Waals surface area contributed by atoms with E-state index in [0.29, 0.717) is 5.69 Å². The van der Waals surface area contributed by atoms with Crippen molar-refractivity contribution < 1.29 is 9.59 Å². The van der Waals surface area contributed by atoms with E-state index in [-0.39, 0.29) is 36.2 Å². The fourth-order valence-electron chi connectivity index (χ4n) is 3.52. The molecule has 0 aliphatic carbocycles. The predicted octanol–water partition coefficient (Wildman–Crippen LogP) is 3.29. The Morgan fingerprint density at radius 3 is 2.77 bits per heavy atom. The van der Waals surface area contributed by atoms with Crippen molar-refractivity contribution in [2.45, 2.75) is 45.6 Å². The minimum Gasteiger partial charge on any atom is -0.340 e. The van der Waals surface area contributed by atoms with Gasteiger partial charge in [0.2, 0.25) is 21.9 Å². The van der Waals surface area contributed by atoms with E-state index in [2.05, 4.69) is 36.2 Å². The van der Waals surface area contributed by atoms with Crippen molar-refractivity contribution in [2.75, 3.05) is 28.7 Å². The van der Waals surface area contributed by atoms with Crippen LogP contribution in [-0.2, 0) is 15.0 Å². The number of nitrogens with zero attached hydrogens (tertiary/aromatic N) is 5. The zero-order valence-electron chi connectivity index (χ0n) is 17.8. The Morgan fingerprint density at radius 2 is 2.07 bits per heavy atom. The van der Waals surface area contributed by atoms with Crippen LogP contribution in [0.25, 0.3) is 4.96 Å². The summed E-state index contributed by atoms with van der Waals surface area (Å²) in [4.78, 5) is 34.4. The first-order valence-corrected chi connectivity index (χ1v) is 10.7. The molecule has 9 heteroatoms. The third-order valence-electron chi connectivity index (χ3n) is 5.13. The lowest BCUT2D eigenvalue weighted by atomic mass is 9.93. The molecule has 3 heterocycles. The molecule has 0 spiro atoms. The number of amides is 2. The first-order valence-electron chi connectivity index (χ1n) is 9.92. The van der Waals surface area contributed by atoms with Gasteiger partial charge in [0.25, 0.3) is 0 Å². The van der Waals surface area contributed by atoms with Crippen molar-refractivity contribution in [2.24, 2.45) is 0 Å². The number of para-hydroxylation sites is 2. The molecule has 158 valence electrons. The molecule has 0 saturated carbocycles. The van der Waals surface area contributed by atoms with Crippen LogP contribution in [0.4, 0.5) is 16.5 Å². The Balaban J connectivity index is 1.56. The van der Waals surface area contributed by atoms with Gasteiger partial charge >= 0.3 is 0 Å². The highest BCUT2D eigenvalue weighted by molar-refractivity contribution is 7.20. The summed E-state index contributed by atoms with van der Waals surface area (Å²) in [5, 5.41) is 8.21.